The van der Waals surface area contributed by atoms with Crippen LogP contribution < -0.4 is 5.32 Å². The van der Waals surface area contributed by atoms with Gasteiger partial charge in [0.25, 0.3) is 0 Å². The Morgan fingerprint density at radius 1 is 1.18 bits per heavy atom. The zero-order chi connectivity index (χ0) is 11.5. The minimum atomic E-state index is 0.883. The summed E-state index contributed by atoms with van der Waals surface area (Å²) < 4.78 is 0. The fourth-order valence-electron chi connectivity index (χ4n) is 2.64. The molecule has 0 amide bonds. The van der Waals surface area contributed by atoms with Crippen LogP contribution in [0, 0.1) is 0 Å². The normalized spacial score (nSPS) is 21.6. The molecule has 1 N–H and O–H groups in total. The third-order valence-electron chi connectivity index (χ3n) is 3.93. The van der Waals surface area contributed by atoms with Gasteiger partial charge in [0.2, 0.25) is 0 Å². The van der Waals surface area contributed by atoms with Gasteiger partial charge in [0.1, 0.15) is 0 Å². The van der Waals surface area contributed by atoms with E-state index in [1.54, 1.807) is 5.56 Å². The molecule has 2 fully saturated rings. The Morgan fingerprint density at radius 3 is 2.76 bits per heavy atom. The fourth-order valence-corrected chi connectivity index (χ4v) is 2.64. The van der Waals surface area contributed by atoms with E-state index in [0.717, 1.165) is 19.0 Å². The molecule has 92 valence electrons. The summed E-state index contributed by atoms with van der Waals surface area (Å²) >= 11 is 0. The lowest BCUT2D eigenvalue weighted by atomic mass is 10.0. The van der Waals surface area contributed by atoms with Gasteiger partial charge in [0.15, 0.2) is 0 Å². The summed E-state index contributed by atoms with van der Waals surface area (Å²) in [5.41, 5.74) is 3.09. The molecule has 1 heterocycles. The highest BCUT2D eigenvalue weighted by atomic mass is 15.2. The van der Waals surface area contributed by atoms with Gasteiger partial charge in [-0.05, 0) is 36.3 Å². The predicted octanol–water partition coefficient (Wildman–Crippen LogP) is 2.01. The molecule has 0 unspecified atom stereocenters. The number of benzene rings is 1. The Kier molecular flexibility index (Phi) is 3.44. The molecule has 0 bridgehead atoms. The van der Waals surface area contributed by atoms with Crippen LogP contribution in [0.15, 0.2) is 24.3 Å². The molecule has 2 heteroatoms. The first-order valence-electron chi connectivity index (χ1n) is 6.94. The van der Waals surface area contributed by atoms with Crippen molar-refractivity contribution < 1.29 is 0 Å². The van der Waals surface area contributed by atoms with Gasteiger partial charge < -0.3 is 10.2 Å². The summed E-state index contributed by atoms with van der Waals surface area (Å²) in [5.74, 6) is 0.883. The van der Waals surface area contributed by atoms with Crippen molar-refractivity contribution in [3.05, 3.63) is 35.4 Å². The van der Waals surface area contributed by atoms with Gasteiger partial charge in [0, 0.05) is 32.7 Å². The van der Waals surface area contributed by atoms with E-state index in [0.29, 0.717) is 0 Å². The second-order valence-corrected chi connectivity index (χ2v) is 5.36. The highest BCUT2D eigenvalue weighted by molar-refractivity contribution is 5.29. The minimum Gasteiger partial charge on any atom is -0.314 e. The van der Waals surface area contributed by atoms with Crippen LogP contribution in [0.3, 0.4) is 0 Å². The molecule has 0 aromatic heterocycles. The number of hydrogen-bond donors (Lipinski definition) is 1. The average molecular weight is 230 g/mol. The van der Waals surface area contributed by atoms with E-state index in [2.05, 4.69) is 34.5 Å². The molecule has 17 heavy (non-hydrogen) atoms. The van der Waals surface area contributed by atoms with Crippen molar-refractivity contribution in [1.82, 2.24) is 10.2 Å². The Bertz CT molecular complexity index is 365. The quantitative estimate of drug-likeness (QED) is 0.851. The molecule has 2 nitrogen and oxygen atoms in total. The van der Waals surface area contributed by atoms with Gasteiger partial charge >= 0.3 is 0 Å². The van der Waals surface area contributed by atoms with Crippen LogP contribution in [0.1, 0.15) is 29.9 Å². The molecule has 3 rings (SSSR count). The van der Waals surface area contributed by atoms with Gasteiger partial charge in [0.05, 0.1) is 0 Å². The number of hydrogen-bond acceptors (Lipinski definition) is 2. The lowest BCUT2D eigenvalue weighted by molar-refractivity contribution is 0.244. The van der Waals surface area contributed by atoms with Crippen molar-refractivity contribution in [2.75, 3.05) is 32.7 Å². The molecular formula is C15H22N2. The van der Waals surface area contributed by atoms with E-state index < -0.39 is 0 Å². The largest absolute Gasteiger partial charge is 0.314 e. The maximum Gasteiger partial charge on any atom is 0.0108 e. The summed E-state index contributed by atoms with van der Waals surface area (Å²) in [6, 6.07) is 9.25. The first kappa shape index (κ1) is 11.2. The lowest BCUT2D eigenvalue weighted by Gasteiger charge is -2.27. The predicted molar refractivity (Wildman–Crippen MR) is 71.4 cm³/mol. The van der Waals surface area contributed by atoms with Crippen molar-refractivity contribution in [2.24, 2.45) is 0 Å². The van der Waals surface area contributed by atoms with E-state index in [-0.39, 0.29) is 0 Å². The monoisotopic (exact) mass is 230 g/mol. The van der Waals surface area contributed by atoms with Crippen LogP contribution in [0.2, 0.25) is 0 Å². The Balaban J connectivity index is 1.54. The van der Waals surface area contributed by atoms with Crippen molar-refractivity contribution in [1.29, 1.82) is 0 Å². The average Bonchev–Trinajstić information content (AvgIpc) is 3.22. The highest BCUT2D eigenvalue weighted by Crippen LogP contribution is 2.40. The molecule has 0 radical (unpaired) electrons. The summed E-state index contributed by atoms with van der Waals surface area (Å²) in [6.07, 6.45) is 4.02. The number of nitrogens with one attached hydrogen (secondary N) is 1. The molecule has 2 aliphatic rings. The lowest BCUT2D eigenvalue weighted by Crippen LogP contribution is -2.44. The third-order valence-corrected chi connectivity index (χ3v) is 3.93. The summed E-state index contributed by atoms with van der Waals surface area (Å²) in [5, 5.41) is 3.40. The number of piperazine rings is 1. The van der Waals surface area contributed by atoms with E-state index in [9.17, 15) is 0 Å². The van der Waals surface area contributed by atoms with Crippen LogP contribution in [0.25, 0.3) is 0 Å². The van der Waals surface area contributed by atoms with Gasteiger partial charge in [-0.15, -0.1) is 0 Å². The van der Waals surface area contributed by atoms with Gasteiger partial charge in [-0.2, -0.15) is 0 Å². The molecular weight excluding hydrogens is 208 g/mol. The topological polar surface area (TPSA) is 15.3 Å². The molecule has 1 aliphatic carbocycles. The van der Waals surface area contributed by atoms with Crippen LogP contribution in [0.4, 0.5) is 0 Å². The van der Waals surface area contributed by atoms with E-state index in [1.807, 2.05) is 0 Å². The van der Waals surface area contributed by atoms with Crippen LogP contribution in [-0.2, 0) is 6.42 Å². The highest BCUT2D eigenvalue weighted by Gasteiger charge is 2.23. The minimum absolute atomic E-state index is 0.883. The molecule has 0 atom stereocenters. The fraction of sp³-hybridized carbons (Fsp3) is 0.600. The van der Waals surface area contributed by atoms with Crippen molar-refractivity contribution in [3.63, 3.8) is 0 Å². The SMILES string of the molecule is c1cc(CCN2CCNCC2)cc(C2CC2)c1. The smallest absolute Gasteiger partial charge is 0.0108 e. The van der Waals surface area contributed by atoms with Crippen LogP contribution in [0.5, 0.6) is 0 Å². The second-order valence-electron chi connectivity index (χ2n) is 5.36. The standard InChI is InChI=1S/C15H22N2/c1-2-13(12-15(3-1)14-4-5-14)6-9-17-10-7-16-8-11-17/h1-3,12,14,16H,4-11H2. The molecule has 1 aliphatic heterocycles. The molecule has 0 spiro atoms. The van der Waals surface area contributed by atoms with E-state index >= 15 is 0 Å². The second kappa shape index (κ2) is 5.19. The number of rotatable bonds is 4. The first-order valence-corrected chi connectivity index (χ1v) is 6.94. The zero-order valence-corrected chi connectivity index (χ0v) is 10.5. The van der Waals surface area contributed by atoms with Crippen LogP contribution >= 0.6 is 0 Å². The third kappa shape index (κ3) is 3.08. The summed E-state index contributed by atoms with van der Waals surface area (Å²) in [6.45, 7) is 5.95. The first-order chi connectivity index (χ1) is 8.42. The Morgan fingerprint density at radius 2 is 2.00 bits per heavy atom. The van der Waals surface area contributed by atoms with Crippen molar-refractivity contribution >= 4 is 0 Å². The van der Waals surface area contributed by atoms with Gasteiger partial charge in [-0.3, -0.25) is 0 Å². The summed E-state index contributed by atoms with van der Waals surface area (Å²) in [7, 11) is 0. The van der Waals surface area contributed by atoms with Crippen molar-refractivity contribution in [3.8, 4) is 0 Å². The maximum absolute atomic E-state index is 3.40. The Hall–Kier alpha value is -0.860. The van der Waals surface area contributed by atoms with Gasteiger partial charge in [-0.25, -0.2) is 0 Å². The molecule has 1 aromatic carbocycles. The molecule has 1 aromatic rings. The summed E-state index contributed by atoms with van der Waals surface area (Å²) in [4.78, 5) is 2.57. The van der Waals surface area contributed by atoms with Crippen molar-refractivity contribution in [2.45, 2.75) is 25.2 Å². The zero-order valence-electron chi connectivity index (χ0n) is 10.5. The van der Waals surface area contributed by atoms with Crippen LogP contribution in [-0.4, -0.2) is 37.6 Å². The van der Waals surface area contributed by atoms with E-state index in [1.165, 1.54) is 44.5 Å². The maximum atomic E-state index is 3.40. The van der Waals surface area contributed by atoms with E-state index in [4.69, 9.17) is 0 Å². The molecule has 1 saturated carbocycles. The number of nitrogens with zero attached hydrogens (tertiary/aromatic N) is 1. The molecule has 1 saturated heterocycles. The van der Waals surface area contributed by atoms with Gasteiger partial charge in [-0.1, -0.05) is 24.3 Å². The Labute approximate surface area is 104 Å².